The summed E-state index contributed by atoms with van der Waals surface area (Å²) in [5.41, 5.74) is 1.50. The Morgan fingerprint density at radius 3 is 2.47 bits per heavy atom. The molecule has 1 amide bonds. The third-order valence-electron chi connectivity index (χ3n) is 3.90. The summed E-state index contributed by atoms with van der Waals surface area (Å²) in [7, 11) is 3.69. The van der Waals surface area contributed by atoms with Crippen LogP contribution in [-0.2, 0) is 10.7 Å². The fourth-order valence-corrected chi connectivity index (χ4v) is 2.50. The first-order valence-electron chi connectivity index (χ1n) is 8.91. The van der Waals surface area contributed by atoms with Gasteiger partial charge in [-0.1, -0.05) is 0 Å². The number of carbonyl (C=O) groups excluding carboxylic acids is 1. The molecule has 3 aromatic rings. The largest absolute Gasteiger partial charge is 0.361 e. The molecule has 0 radical (unpaired) electrons. The Labute approximate surface area is 171 Å². The van der Waals surface area contributed by atoms with Gasteiger partial charge in [0.2, 0.25) is 11.7 Å². The second-order valence-corrected chi connectivity index (χ2v) is 6.75. The first-order chi connectivity index (χ1) is 14.1. The van der Waals surface area contributed by atoms with E-state index in [9.17, 15) is 13.6 Å². The van der Waals surface area contributed by atoms with E-state index in [0.29, 0.717) is 22.8 Å². The van der Waals surface area contributed by atoms with E-state index in [1.54, 1.807) is 23.1 Å². The maximum absolute atomic E-state index is 13.6. The minimum atomic E-state index is -3.19. The molecule has 0 saturated heterocycles. The summed E-state index contributed by atoms with van der Waals surface area (Å²) in [4.78, 5) is 24.9. The first kappa shape index (κ1) is 21.0. The van der Waals surface area contributed by atoms with Crippen LogP contribution in [0.2, 0.25) is 0 Å². The number of carbonyl (C=O) groups is 1. The summed E-state index contributed by atoms with van der Waals surface area (Å²) in [5, 5.41) is 13.9. The van der Waals surface area contributed by atoms with E-state index in [1.165, 1.54) is 25.4 Å². The fraction of sp³-hybridized carbons (Fsp3) is 0.263. The molecule has 0 bridgehead atoms. The number of hydrogen-bond donors (Lipinski definition) is 2. The van der Waals surface area contributed by atoms with Crippen molar-refractivity contribution in [2.75, 3.05) is 29.6 Å². The summed E-state index contributed by atoms with van der Waals surface area (Å²) in [6.45, 7) is 2.08. The SMILES string of the molecule is CC(=O)Nc1cc(Nc2ccnc(C(C)(F)F)n2)c(-c2ccc(N(C)C)nn2)cn1. The van der Waals surface area contributed by atoms with Gasteiger partial charge in [0.15, 0.2) is 5.82 Å². The second-order valence-electron chi connectivity index (χ2n) is 6.75. The standard InChI is InChI=1S/C19H20F2N8O/c1-11(30)24-16-9-14(25-15-7-8-22-18(26-15)19(2,20)21)12(10-23-16)13-5-6-17(28-27-13)29(3)4/h5-10H,1-4H3,(H2,22,23,24,25,26,30). The van der Waals surface area contributed by atoms with Crippen molar-refractivity contribution in [2.45, 2.75) is 19.8 Å². The van der Waals surface area contributed by atoms with E-state index in [1.807, 2.05) is 14.1 Å². The molecule has 0 aliphatic rings. The van der Waals surface area contributed by atoms with Crippen LogP contribution in [-0.4, -0.2) is 45.2 Å². The highest BCUT2D eigenvalue weighted by molar-refractivity contribution is 5.89. The normalized spacial score (nSPS) is 11.1. The number of nitrogens with zero attached hydrogens (tertiary/aromatic N) is 6. The lowest BCUT2D eigenvalue weighted by molar-refractivity contribution is -0.114. The van der Waals surface area contributed by atoms with Gasteiger partial charge in [-0.2, -0.15) is 8.78 Å². The monoisotopic (exact) mass is 414 g/mol. The molecule has 0 unspecified atom stereocenters. The third kappa shape index (κ3) is 4.99. The van der Waals surface area contributed by atoms with Crippen LogP contribution in [0.3, 0.4) is 0 Å². The minimum absolute atomic E-state index is 0.153. The van der Waals surface area contributed by atoms with Gasteiger partial charge >= 0.3 is 5.92 Å². The number of anilines is 4. The van der Waals surface area contributed by atoms with Crippen molar-refractivity contribution >= 4 is 29.0 Å². The van der Waals surface area contributed by atoms with E-state index in [-0.39, 0.29) is 17.5 Å². The Morgan fingerprint density at radius 1 is 1.10 bits per heavy atom. The van der Waals surface area contributed by atoms with Gasteiger partial charge in [0.25, 0.3) is 0 Å². The van der Waals surface area contributed by atoms with Gasteiger partial charge < -0.3 is 15.5 Å². The van der Waals surface area contributed by atoms with Crippen molar-refractivity contribution in [2.24, 2.45) is 0 Å². The van der Waals surface area contributed by atoms with Gasteiger partial charge in [0.05, 0.1) is 11.4 Å². The molecule has 156 valence electrons. The summed E-state index contributed by atoms with van der Waals surface area (Å²) in [6, 6.07) is 6.56. The molecule has 3 rings (SSSR count). The number of aromatic nitrogens is 5. The van der Waals surface area contributed by atoms with Gasteiger partial charge in [-0.25, -0.2) is 15.0 Å². The number of alkyl halides is 2. The van der Waals surface area contributed by atoms with Crippen LogP contribution in [0.1, 0.15) is 19.7 Å². The molecule has 0 fully saturated rings. The molecule has 0 aromatic carbocycles. The predicted octanol–water partition coefficient (Wildman–Crippen LogP) is 3.21. The van der Waals surface area contributed by atoms with Crippen LogP contribution < -0.4 is 15.5 Å². The highest BCUT2D eigenvalue weighted by Gasteiger charge is 2.28. The smallest absolute Gasteiger partial charge is 0.303 e. The van der Waals surface area contributed by atoms with E-state index < -0.39 is 11.7 Å². The zero-order valence-corrected chi connectivity index (χ0v) is 16.8. The second kappa shape index (κ2) is 8.31. The zero-order chi connectivity index (χ0) is 21.9. The molecular weight excluding hydrogens is 394 g/mol. The molecule has 11 heteroatoms. The summed E-state index contributed by atoms with van der Waals surface area (Å²) in [5.74, 6) is -3.00. The molecule has 3 aromatic heterocycles. The lowest BCUT2D eigenvalue weighted by Gasteiger charge is -2.15. The predicted molar refractivity (Wildman–Crippen MR) is 109 cm³/mol. The molecule has 0 atom stereocenters. The van der Waals surface area contributed by atoms with Crippen LogP contribution in [0.25, 0.3) is 11.3 Å². The zero-order valence-electron chi connectivity index (χ0n) is 16.8. The molecule has 0 saturated carbocycles. The van der Waals surface area contributed by atoms with Crippen molar-refractivity contribution in [3.05, 3.63) is 42.5 Å². The number of pyridine rings is 1. The molecule has 9 nitrogen and oxygen atoms in total. The highest BCUT2D eigenvalue weighted by atomic mass is 19.3. The van der Waals surface area contributed by atoms with Crippen molar-refractivity contribution in [3.8, 4) is 11.3 Å². The Balaban J connectivity index is 2.03. The Kier molecular flexibility index (Phi) is 5.81. The molecule has 30 heavy (non-hydrogen) atoms. The average molecular weight is 414 g/mol. The van der Waals surface area contributed by atoms with Crippen LogP contribution >= 0.6 is 0 Å². The number of rotatable bonds is 6. The first-order valence-corrected chi connectivity index (χ1v) is 8.91. The van der Waals surface area contributed by atoms with E-state index in [4.69, 9.17) is 0 Å². The van der Waals surface area contributed by atoms with Gasteiger partial charge in [-0.05, 0) is 18.2 Å². The highest BCUT2D eigenvalue weighted by Crippen LogP contribution is 2.31. The Hall–Kier alpha value is -3.76. The van der Waals surface area contributed by atoms with Gasteiger partial charge in [0, 0.05) is 52.0 Å². The number of hydrogen-bond acceptors (Lipinski definition) is 8. The molecule has 0 aliphatic carbocycles. The number of halogens is 2. The molecule has 3 heterocycles. The maximum atomic E-state index is 13.6. The van der Waals surface area contributed by atoms with Crippen LogP contribution in [0.4, 0.5) is 31.9 Å². The van der Waals surface area contributed by atoms with Crippen molar-refractivity contribution in [1.29, 1.82) is 0 Å². The molecular formula is C19H20F2N8O. The van der Waals surface area contributed by atoms with Crippen molar-refractivity contribution < 1.29 is 13.6 Å². The van der Waals surface area contributed by atoms with Crippen LogP contribution in [0, 0.1) is 0 Å². The fourth-order valence-electron chi connectivity index (χ4n) is 2.50. The van der Waals surface area contributed by atoms with Crippen LogP contribution in [0.15, 0.2) is 36.7 Å². The van der Waals surface area contributed by atoms with Crippen molar-refractivity contribution in [1.82, 2.24) is 25.1 Å². The van der Waals surface area contributed by atoms with Crippen molar-refractivity contribution in [3.63, 3.8) is 0 Å². The Bertz CT molecular complexity index is 1050. The van der Waals surface area contributed by atoms with Gasteiger partial charge in [-0.15, -0.1) is 10.2 Å². The van der Waals surface area contributed by atoms with Gasteiger partial charge in [0.1, 0.15) is 11.6 Å². The molecule has 0 aliphatic heterocycles. The topological polar surface area (TPSA) is 109 Å². The average Bonchev–Trinajstić information content (AvgIpc) is 2.67. The summed E-state index contributed by atoms with van der Waals surface area (Å²) >= 11 is 0. The van der Waals surface area contributed by atoms with Gasteiger partial charge in [-0.3, -0.25) is 4.79 Å². The quantitative estimate of drug-likeness (QED) is 0.633. The number of nitrogens with one attached hydrogen (secondary N) is 2. The summed E-state index contributed by atoms with van der Waals surface area (Å²) in [6.07, 6.45) is 2.74. The lowest BCUT2D eigenvalue weighted by atomic mass is 10.1. The number of amides is 1. The van der Waals surface area contributed by atoms with E-state index in [2.05, 4.69) is 35.8 Å². The maximum Gasteiger partial charge on any atom is 0.303 e. The minimum Gasteiger partial charge on any atom is -0.361 e. The molecule has 2 N–H and O–H groups in total. The summed E-state index contributed by atoms with van der Waals surface area (Å²) < 4.78 is 27.2. The van der Waals surface area contributed by atoms with Crippen LogP contribution in [0.5, 0.6) is 0 Å². The molecule has 0 spiro atoms. The van der Waals surface area contributed by atoms with E-state index >= 15 is 0 Å². The Morgan fingerprint density at radius 2 is 1.87 bits per heavy atom. The third-order valence-corrected chi connectivity index (χ3v) is 3.90. The van der Waals surface area contributed by atoms with E-state index in [0.717, 1.165) is 6.92 Å². The lowest BCUT2D eigenvalue weighted by Crippen LogP contribution is -2.13.